The third kappa shape index (κ3) is 4.51. The molecule has 9 heteroatoms. The Morgan fingerprint density at radius 3 is 2.55 bits per heavy atom. The summed E-state index contributed by atoms with van der Waals surface area (Å²) in [6.45, 7) is 7.49. The summed E-state index contributed by atoms with van der Waals surface area (Å²) in [4.78, 5) is 33.3. The number of amidine groups is 1. The van der Waals surface area contributed by atoms with E-state index in [1.807, 2.05) is 13.8 Å². The van der Waals surface area contributed by atoms with Crippen molar-refractivity contribution in [3.05, 3.63) is 77.4 Å². The lowest BCUT2D eigenvalue weighted by Crippen LogP contribution is -2.48. The van der Waals surface area contributed by atoms with Crippen molar-refractivity contribution in [1.82, 2.24) is 15.4 Å². The van der Waals surface area contributed by atoms with Gasteiger partial charge in [0.2, 0.25) is 5.91 Å². The first kappa shape index (κ1) is 25.8. The predicted octanol–water partition coefficient (Wildman–Crippen LogP) is 3.93. The molecular weight excluding hydrogens is 487 g/mol. The highest BCUT2D eigenvalue weighted by Crippen LogP contribution is 2.36. The van der Waals surface area contributed by atoms with E-state index in [2.05, 4.69) is 10.5 Å². The Bertz CT molecular complexity index is 1400. The number of hydrogen-bond donors (Lipinski definition) is 2. The molecule has 0 radical (unpaired) electrons. The van der Waals surface area contributed by atoms with E-state index in [0.717, 1.165) is 0 Å². The first-order valence-corrected chi connectivity index (χ1v) is 12.8. The van der Waals surface area contributed by atoms with Gasteiger partial charge >= 0.3 is 0 Å². The fourth-order valence-electron chi connectivity index (χ4n) is 5.34. The number of aliphatic imine (C=N–C) groups is 1. The Morgan fingerprint density at radius 1 is 1.21 bits per heavy atom. The van der Waals surface area contributed by atoms with E-state index >= 15 is 0 Å². The van der Waals surface area contributed by atoms with E-state index < -0.39 is 23.6 Å². The Labute approximate surface area is 220 Å². The first-order chi connectivity index (χ1) is 18.1. The third-order valence-corrected chi connectivity index (χ3v) is 7.42. The van der Waals surface area contributed by atoms with Crippen molar-refractivity contribution >= 4 is 17.6 Å². The zero-order valence-corrected chi connectivity index (χ0v) is 21.8. The van der Waals surface area contributed by atoms with E-state index in [1.54, 1.807) is 67.3 Å². The van der Waals surface area contributed by atoms with Gasteiger partial charge in [0.1, 0.15) is 23.3 Å². The average Bonchev–Trinajstić information content (AvgIpc) is 3.57. The molecule has 1 fully saturated rings. The molecule has 2 aliphatic heterocycles. The zero-order chi connectivity index (χ0) is 27.2. The van der Waals surface area contributed by atoms with Gasteiger partial charge in [0.15, 0.2) is 5.54 Å². The summed E-state index contributed by atoms with van der Waals surface area (Å²) in [6.07, 6.45) is -0.493. The Morgan fingerprint density at radius 2 is 1.92 bits per heavy atom. The molecule has 198 valence electrons. The first-order valence-electron chi connectivity index (χ1n) is 12.8. The topological polar surface area (TPSA) is 108 Å². The number of amides is 2. The van der Waals surface area contributed by atoms with Gasteiger partial charge in [0.25, 0.3) is 5.91 Å². The second-order valence-electron chi connectivity index (χ2n) is 10.6. The molecule has 0 bridgehead atoms. The molecule has 1 unspecified atom stereocenters. The number of aryl methyl sites for hydroxylation is 1. The lowest BCUT2D eigenvalue weighted by Gasteiger charge is -2.29. The molecular formula is C29H31FN4O4. The van der Waals surface area contributed by atoms with Gasteiger partial charge in [-0.2, -0.15) is 0 Å². The molecule has 38 heavy (non-hydrogen) atoms. The van der Waals surface area contributed by atoms with Crippen LogP contribution in [0.25, 0.3) is 11.1 Å². The van der Waals surface area contributed by atoms with Crippen LogP contribution in [0.1, 0.15) is 50.1 Å². The molecule has 2 aromatic carbocycles. The van der Waals surface area contributed by atoms with Crippen molar-refractivity contribution in [2.75, 3.05) is 6.54 Å². The van der Waals surface area contributed by atoms with Gasteiger partial charge in [-0.05, 0) is 37.0 Å². The summed E-state index contributed by atoms with van der Waals surface area (Å²) in [5.41, 5.74) is 1.25. The molecule has 0 saturated carbocycles. The normalized spacial score (nSPS) is 24.0. The minimum absolute atomic E-state index is 0.0772. The van der Waals surface area contributed by atoms with Crippen LogP contribution in [0.3, 0.4) is 0 Å². The summed E-state index contributed by atoms with van der Waals surface area (Å²) in [5.74, 6) is -0.707. The van der Waals surface area contributed by atoms with E-state index in [4.69, 9.17) is 9.52 Å². The molecule has 3 aromatic rings. The number of halogens is 1. The molecule has 4 atom stereocenters. The SMILES string of the molecule is Cc1cc(C(C(=O)N2C[C@H](O)C[C@H]2C2=N[C@@](C)(c3ccc(-c4ccccc4F)cc3)C(=O)N2)C(C)C)on1. The lowest BCUT2D eigenvalue weighted by molar-refractivity contribution is -0.134. The maximum absolute atomic E-state index is 14.2. The average molecular weight is 519 g/mol. The third-order valence-electron chi connectivity index (χ3n) is 7.42. The van der Waals surface area contributed by atoms with E-state index in [1.165, 1.54) is 6.07 Å². The molecule has 0 aliphatic carbocycles. The molecule has 2 amide bonds. The minimum atomic E-state index is -1.23. The number of carbonyl (C=O) groups is 2. The number of aliphatic hydroxyl groups excluding tert-OH is 1. The van der Waals surface area contributed by atoms with Gasteiger partial charge < -0.3 is 19.8 Å². The van der Waals surface area contributed by atoms with Gasteiger partial charge in [0, 0.05) is 24.6 Å². The number of aromatic nitrogens is 1. The number of carbonyl (C=O) groups excluding carboxylic acids is 2. The van der Waals surface area contributed by atoms with Crippen LogP contribution in [0.5, 0.6) is 0 Å². The van der Waals surface area contributed by atoms with Gasteiger partial charge in [-0.1, -0.05) is 61.5 Å². The number of nitrogens with zero attached hydrogens (tertiary/aromatic N) is 3. The summed E-state index contributed by atoms with van der Waals surface area (Å²) in [5, 5.41) is 17.3. The number of hydrogen-bond acceptors (Lipinski definition) is 6. The van der Waals surface area contributed by atoms with Crippen molar-refractivity contribution in [3.63, 3.8) is 0 Å². The number of aliphatic hydroxyl groups is 1. The Hall–Kier alpha value is -3.85. The van der Waals surface area contributed by atoms with Gasteiger partial charge in [-0.3, -0.25) is 9.59 Å². The highest BCUT2D eigenvalue weighted by atomic mass is 19.1. The summed E-state index contributed by atoms with van der Waals surface area (Å²) in [6, 6.07) is 14.7. The van der Waals surface area contributed by atoms with Gasteiger partial charge in [0.05, 0.1) is 17.8 Å². The molecule has 2 aliphatic rings. The van der Waals surface area contributed by atoms with Crippen molar-refractivity contribution in [1.29, 1.82) is 0 Å². The number of nitrogens with one attached hydrogen (secondary N) is 1. The van der Waals surface area contributed by atoms with Crippen LogP contribution >= 0.6 is 0 Å². The Balaban J connectivity index is 1.43. The molecule has 3 heterocycles. The minimum Gasteiger partial charge on any atom is -0.391 e. The standard InChI is InChI=1S/C29H31FN4O4/c1-16(2)25(24-13-17(3)33-38-24)27(36)34-15-20(35)14-23(34)26-31-28(37)29(4,32-26)19-11-9-18(10-12-19)21-7-5-6-8-22(21)30/h5-13,16,20,23,25,35H,14-15H2,1-4H3,(H,31,32,37)/t20-,23+,25?,29+/m1/s1. The van der Waals surface area contributed by atoms with Crippen LogP contribution in [-0.4, -0.2) is 51.5 Å². The number of rotatable bonds is 6. The van der Waals surface area contributed by atoms with Crippen LogP contribution < -0.4 is 5.32 Å². The second kappa shape index (κ2) is 9.79. The van der Waals surface area contributed by atoms with Crippen molar-refractivity contribution < 1.29 is 23.6 Å². The largest absolute Gasteiger partial charge is 0.391 e. The fraction of sp³-hybridized carbons (Fsp3) is 0.379. The lowest BCUT2D eigenvalue weighted by atomic mass is 9.91. The van der Waals surface area contributed by atoms with Crippen LogP contribution in [0.2, 0.25) is 0 Å². The summed E-state index contributed by atoms with van der Waals surface area (Å²) < 4.78 is 19.7. The monoisotopic (exact) mass is 518 g/mol. The number of likely N-dealkylation sites (tertiary alicyclic amines) is 1. The quantitative estimate of drug-likeness (QED) is 0.514. The molecule has 1 aromatic heterocycles. The van der Waals surface area contributed by atoms with Gasteiger partial charge in [-0.25, -0.2) is 9.38 Å². The highest BCUT2D eigenvalue weighted by Gasteiger charge is 2.48. The maximum atomic E-state index is 14.2. The van der Waals surface area contributed by atoms with Crippen LogP contribution in [0.15, 0.2) is 64.1 Å². The second-order valence-corrected chi connectivity index (χ2v) is 10.6. The Kier molecular flexibility index (Phi) is 6.65. The smallest absolute Gasteiger partial charge is 0.257 e. The van der Waals surface area contributed by atoms with Crippen LogP contribution in [-0.2, 0) is 15.1 Å². The number of benzene rings is 2. The summed E-state index contributed by atoms with van der Waals surface area (Å²) >= 11 is 0. The molecule has 0 spiro atoms. The molecule has 1 saturated heterocycles. The van der Waals surface area contributed by atoms with E-state index in [-0.39, 0.29) is 36.5 Å². The van der Waals surface area contributed by atoms with E-state index in [9.17, 15) is 19.1 Å². The van der Waals surface area contributed by atoms with Crippen molar-refractivity contribution in [2.45, 2.75) is 57.7 Å². The molecule has 5 rings (SSSR count). The van der Waals surface area contributed by atoms with Crippen molar-refractivity contribution in [3.8, 4) is 11.1 Å². The van der Waals surface area contributed by atoms with Gasteiger partial charge in [-0.15, -0.1) is 0 Å². The summed E-state index contributed by atoms with van der Waals surface area (Å²) in [7, 11) is 0. The van der Waals surface area contributed by atoms with E-state index in [0.29, 0.717) is 34.0 Å². The van der Waals surface area contributed by atoms with Crippen molar-refractivity contribution in [2.24, 2.45) is 10.9 Å². The highest BCUT2D eigenvalue weighted by molar-refractivity contribution is 6.11. The van der Waals surface area contributed by atoms with Crippen LogP contribution in [0, 0.1) is 18.7 Å². The number of β-amino-alcohol motifs (C(OH)–C–C–N with tert-alkyl or cyclic N) is 1. The van der Waals surface area contributed by atoms with Crippen LogP contribution in [0.4, 0.5) is 4.39 Å². The molecule has 8 nitrogen and oxygen atoms in total. The maximum Gasteiger partial charge on any atom is 0.257 e. The predicted molar refractivity (Wildman–Crippen MR) is 140 cm³/mol. The fourth-order valence-corrected chi connectivity index (χ4v) is 5.34. The zero-order valence-electron chi connectivity index (χ0n) is 21.8. The molecule has 2 N–H and O–H groups in total.